The SMILES string of the molecule is COCCSc1cc(N)c(C(=O)O)nc1-c1ccc(F)cc1. The fourth-order valence-electron chi connectivity index (χ4n) is 1.84. The number of pyridine rings is 1. The van der Waals surface area contributed by atoms with Crippen LogP contribution < -0.4 is 5.73 Å². The van der Waals surface area contributed by atoms with Crippen molar-refractivity contribution >= 4 is 23.4 Å². The van der Waals surface area contributed by atoms with Gasteiger partial charge in [0, 0.05) is 23.3 Å². The number of rotatable bonds is 6. The summed E-state index contributed by atoms with van der Waals surface area (Å²) < 4.78 is 18.1. The average molecular weight is 322 g/mol. The zero-order valence-electron chi connectivity index (χ0n) is 11.9. The molecule has 0 aliphatic carbocycles. The van der Waals surface area contributed by atoms with Gasteiger partial charge in [-0.3, -0.25) is 0 Å². The van der Waals surface area contributed by atoms with E-state index in [4.69, 9.17) is 15.6 Å². The molecule has 1 aromatic carbocycles. The predicted molar refractivity (Wildman–Crippen MR) is 83.6 cm³/mol. The van der Waals surface area contributed by atoms with Gasteiger partial charge in [-0.05, 0) is 30.3 Å². The molecule has 0 fully saturated rings. The Morgan fingerprint density at radius 1 is 1.41 bits per heavy atom. The fraction of sp³-hybridized carbons (Fsp3) is 0.200. The molecule has 0 aliphatic heterocycles. The van der Waals surface area contributed by atoms with E-state index in [-0.39, 0.29) is 17.2 Å². The molecule has 2 rings (SSSR count). The van der Waals surface area contributed by atoms with Crippen molar-refractivity contribution in [2.24, 2.45) is 0 Å². The van der Waals surface area contributed by atoms with Gasteiger partial charge in [-0.1, -0.05) is 0 Å². The number of nitrogens with zero attached hydrogens (tertiary/aromatic N) is 1. The molecular weight excluding hydrogens is 307 g/mol. The first-order valence-electron chi connectivity index (χ1n) is 6.44. The number of hydrogen-bond acceptors (Lipinski definition) is 5. The molecule has 0 aliphatic rings. The minimum absolute atomic E-state index is 0.0956. The summed E-state index contributed by atoms with van der Waals surface area (Å²) in [6, 6.07) is 7.30. The lowest BCUT2D eigenvalue weighted by Gasteiger charge is -2.11. The molecule has 3 N–H and O–H groups in total. The summed E-state index contributed by atoms with van der Waals surface area (Å²) in [5, 5.41) is 9.16. The third-order valence-electron chi connectivity index (χ3n) is 2.88. The number of aromatic carboxylic acids is 1. The summed E-state index contributed by atoms with van der Waals surface area (Å²) in [6.45, 7) is 0.536. The number of thioether (sulfide) groups is 1. The standard InChI is InChI=1S/C15H15FN2O3S/c1-21-6-7-22-12-8-11(17)14(15(19)20)18-13(12)9-2-4-10(16)5-3-9/h2-5,8H,6-7,17H2,1H3,(H,19,20). The summed E-state index contributed by atoms with van der Waals surface area (Å²) in [6.07, 6.45) is 0. The first-order valence-corrected chi connectivity index (χ1v) is 7.43. The highest BCUT2D eigenvalue weighted by molar-refractivity contribution is 7.99. The van der Waals surface area contributed by atoms with Gasteiger partial charge in [0.1, 0.15) is 5.82 Å². The van der Waals surface area contributed by atoms with Crippen LogP contribution in [0.4, 0.5) is 10.1 Å². The minimum atomic E-state index is -1.20. The van der Waals surface area contributed by atoms with Gasteiger partial charge in [0.25, 0.3) is 0 Å². The molecular formula is C15H15FN2O3S. The molecule has 22 heavy (non-hydrogen) atoms. The van der Waals surface area contributed by atoms with Crippen molar-refractivity contribution in [1.29, 1.82) is 0 Å². The van der Waals surface area contributed by atoms with E-state index < -0.39 is 5.97 Å². The number of carboxylic acids is 1. The summed E-state index contributed by atoms with van der Waals surface area (Å²) in [4.78, 5) is 16.1. The van der Waals surface area contributed by atoms with E-state index in [1.165, 1.54) is 23.9 Å². The summed E-state index contributed by atoms with van der Waals surface area (Å²) in [7, 11) is 1.60. The van der Waals surface area contributed by atoms with Gasteiger partial charge in [-0.25, -0.2) is 14.2 Å². The second-order valence-electron chi connectivity index (χ2n) is 4.43. The van der Waals surface area contributed by atoms with Gasteiger partial charge in [0.05, 0.1) is 18.0 Å². The largest absolute Gasteiger partial charge is 0.476 e. The van der Waals surface area contributed by atoms with Crippen LogP contribution in [0.1, 0.15) is 10.5 Å². The highest BCUT2D eigenvalue weighted by Gasteiger charge is 2.16. The summed E-state index contributed by atoms with van der Waals surface area (Å²) in [5.74, 6) is -0.904. The molecule has 0 spiro atoms. The second-order valence-corrected chi connectivity index (χ2v) is 5.56. The van der Waals surface area contributed by atoms with Crippen LogP contribution in [0.25, 0.3) is 11.3 Å². The quantitative estimate of drug-likeness (QED) is 0.628. The van der Waals surface area contributed by atoms with Crippen LogP contribution in [0.2, 0.25) is 0 Å². The maximum Gasteiger partial charge on any atom is 0.356 e. The van der Waals surface area contributed by atoms with E-state index in [1.807, 2.05) is 0 Å². The number of anilines is 1. The van der Waals surface area contributed by atoms with Gasteiger partial charge in [0.2, 0.25) is 0 Å². The number of methoxy groups -OCH3 is 1. The van der Waals surface area contributed by atoms with Gasteiger partial charge < -0.3 is 15.6 Å². The number of hydrogen-bond donors (Lipinski definition) is 2. The van der Waals surface area contributed by atoms with E-state index in [2.05, 4.69) is 4.98 Å². The third-order valence-corrected chi connectivity index (χ3v) is 3.88. The summed E-state index contributed by atoms with van der Waals surface area (Å²) in [5.41, 5.74) is 6.73. The molecule has 2 aromatic rings. The molecule has 1 aromatic heterocycles. The molecule has 5 nitrogen and oxygen atoms in total. The lowest BCUT2D eigenvalue weighted by Crippen LogP contribution is -2.07. The Morgan fingerprint density at radius 3 is 2.68 bits per heavy atom. The number of halogens is 1. The lowest BCUT2D eigenvalue weighted by atomic mass is 10.1. The molecule has 0 bridgehead atoms. The Kier molecular flexibility index (Phi) is 5.35. The van der Waals surface area contributed by atoms with E-state index in [1.54, 1.807) is 25.3 Å². The first-order chi connectivity index (χ1) is 10.5. The van der Waals surface area contributed by atoms with Crippen LogP contribution in [-0.2, 0) is 4.74 Å². The first kappa shape index (κ1) is 16.3. The van der Waals surface area contributed by atoms with Crippen molar-refractivity contribution in [1.82, 2.24) is 4.98 Å². The monoisotopic (exact) mass is 322 g/mol. The average Bonchev–Trinajstić information content (AvgIpc) is 2.48. The van der Waals surface area contributed by atoms with E-state index in [9.17, 15) is 9.18 Å². The molecule has 0 atom stereocenters. The number of nitrogen functional groups attached to an aromatic ring is 1. The van der Waals surface area contributed by atoms with Crippen LogP contribution in [0.15, 0.2) is 35.2 Å². The third kappa shape index (κ3) is 3.75. The number of nitrogens with two attached hydrogens (primary N) is 1. The lowest BCUT2D eigenvalue weighted by molar-refractivity contribution is 0.0692. The summed E-state index contributed by atoms with van der Waals surface area (Å²) >= 11 is 1.45. The number of carbonyl (C=O) groups is 1. The Morgan fingerprint density at radius 2 is 2.09 bits per heavy atom. The van der Waals surface area contributed by atoms with Gasteiger partial charge in [0.15, 0.2) is 5.69 Å². The van der Waals surface area contributed by atoms with E-state index in [0.29, 0.717) is 23.6 Å². The Balaban J connectivity index is 2.48. The van der Waals surface area contributed by atoms with Crippen LogP contribution in [-0.4, -0.2) is 35.5 Å². The highest BCUT2D eigenvalue weighted by Crippen LogP contribution is 2.32. The maximum absolute atomic E-state index is 13.1. The van der Waals surface area contributed by atoms with Crippen molar-refractivity contribution in [2.75, 3.05) is 25.2 Å². The Bertz CT molecular complexity index is 677. The molecule has 0 unspecified atom stereocenters. The number of aromatic nitrogens is 1. The molecule has 0 amide bonds. The van der Waals surface area contributed by atoms with Crippen molar-refractivity contribution in [3.63, 3.8) is 0 Å². The smallest absolute Gasteiger partial charge is 0.356 e. The molecule has 0 radical (unpaired) electrons. The Hall–Kier alpha value is -2.12. The molecule has 1 heterocycles. The molecule has 0 saturated carbocycles. The molecule has 7 heteroatoms. The van der Waals surface area contributed by atoms with Crippen LogP contribution in [0, 0.1) is 5.82 Å². The van der Waals surface area contributed by atoms with Crippen molar-refractivity contribution in [2.45, 2.75) is 4.90 Å². The zero-order valence-corrected chi connectivity index (χ0v) is 12.7. The van der Waals surface area contributed by atoms with Crippen LogP contribution in [0.5, 0.6) is 0 Å². The highest BCUT2D eigenvalue weighted by atomic mass is 32.2. The number of ether oxygens (including phenoxy) is 1. The van der Waals surface area contributed by atoms with Crippen LogP contribution >= 0.6 is 11.8 Å². The maximum atomic E-state index is 13.1. The second kappa shape index (κ2) is 7.24. The van der Waals surface area contributed by atoms with Crippen molar-refractivity contribution in [3.05, 3.63) is 41.8 Å². The Labute approximate surface area is 131 Å². The van der Waals surface area contributed by atoms with Crippen LogP contribution in [0.3, 0.4) is 0 Å². The van der Waals surface area contributed by atoms with Gasteiger partial charge in [-0.15, -0.1) is 11.8 Å². The van der Waals surface area contributed by atoms with Gasteiger partial charge in [-0.2, -0.15) is 0 Å². The topological polar surface area (TPSA) is 85.4 Å². The van der Waals surface area contributed by atoms with Crippen molar-refractivity contribution < 1.29 is 19.0 Å². The zero-order chi connectivity index (χ0) is 16.1. The number of carboxylic acid groups (broad SMARTS) is 1. The molecule has 0 saturated heterocycles. The minimum Gasteiger partial charge on any atom is -0.476 e. The number of benzene rings is 1. The fourth-order valence-corrected chi connectivity index (χ4v) is 2.82. The molecule has 116 valence electrons. The van der Waals surface area contributed by atoms with Gasteiger partial charge >= 0.3 is 5.97 Å². The normalized spacial score (nSPS) is 10.6. The van der Waals surface area contributed by atoms with E-state index in [0.717, 1.165) is 4.90 Å². The predicted octanol–water partition coefficient (Wildman–Crippen LogP) is 2.91. The van der Waals surface area contributed by atoms with Crippen molar-refractivity contribution in [3.8, 4) is 11.3 Å². The van der Waals surface area contributed by atoms with E-state index >= 15 is 0 Å².